The quantitative estimate of drug-likeness (QED) is 0.531. The van der Waals surface area contributed by atoms with Crippen LogP contribution in [0.15, 0.2) is 61.1 Å². The van der Waals surface area contributed by atoms with Crippen LogP contribution in [-0.2, 0) is 4.79 Å². The van der Waals surface area contributed by atoms with Crippen LogP contribution in [0.2, 0.25) is 0 Å². The van der Waals surface area contributed by atoms with Crippen LogP contribution in [0.3, 0.4) is 0 Å². The highest BCUT2D eigenvalue weighted by Gasteiger charge is 2.06. The summed E-state index contributed by atoms with van der Waals surface area (Å²) < 4.78 is 2.10. The monoisotopic (exact) mass is 321 g/mol. The number of hydrogen-bond acceptors (Lipinski definition) is 3. The fourth-order valence-corrected chi connectivity index (χ4v) is 2.37. The van der Waals surface area contributed by atoms with Gasteiger partial charge >= 0.3 is 0 Å². The molecule has 0 aliphatic carbocycles. The van der Waals surface area contributed by atoms with Gasteiger partial charge in [-0.2, -0.15) is 0 Å². The number of carbonyl (C=O) groups is 1. The van der Waals surface area contributed by atoms with Crippen LogP contribution in [-0.4, -0.2) is 20.3 Å². The van der Waals surface area contributed by atoms with Crippen molar-refractivity contribution in [1.82, 2.24) is 14.5 Å². The van der Waals surface area contributed by atoms with Gasteiger partial charge in [-0.1, -0.05) is 31.6 Å². The van der Waals surface area contributed by atoms with Crippen LogP contribution in [0.1, 0.15) is 44.2 Å². The minimum Gasteiger partial charge on any atom is -0.329 e. The molecule has 1 atom stereocenters. The van der Waals surface area contributed by atoms with E-state index in [-0.39, 0.29) is 5.78 Å². The van der Waals surface area contributed by atoms with E-state index < -0.39 is 0 Å². The number of aromatic nitrogens is 3. The molecule has 0 spiro atoms. The van der Waals surface area contributed by atoms with E-state index in [0.717, 1.165) is 24.4 Å². The maximum Gasteiger partial charge on any atom is 0.178 e. The Balaban J connectivity index is 1.93. The van der Waals surface area contributed by atoms with Gasteiger partial charge in [-0.15, -0.1) is 0 Å². The topological polar surface area (TPSA) is 47.8 Å². The van der Waals surface area contributed by atoms with Crippen molar-refractivity contribution in [3.63, 3.8) is 0 Å². The zero-order valence-corrected chi connectivity index (χ0v) is 14.2. The van der Waals surface area contributed by atoms with Gasteiger partial charge in [-0.05, 0) is 49.8 Å². The molecule has 0 aliphatic heterocycles. The van der Waals surface area contributed by atoms with Gasteiger partial charge in [0, 0.05) is 24.6 Å². The number of pyridine rings is 1. The Morgan fingerprint density at radius 1 is 1.17 bits per heavy atom. The molecule has 0 N–H and O–H groups in total. The first-order valence-electron chi connectivity index (χ1n) is 8.21. The number of allylic oxidation sites excluding steroid dienone is 4. The van der Waals surface area contributed by atoms with Gasteiger partial charge in [0.25, 0.3) is 0 Å². The number of imidazole rings is 1. The van der Waals surface area contributed by atoms with Crippen LogP contribution in [0, 0.1) is 0 Å². The molecule has 124 valence electrons. The molecule has 0 fully saturated rings. The average Bonchev–Trinajstić information content (AvgIpc) is 3.07. The Hall–Kier alpha value is -2.75. The SMILES string of the molecule is CCCC(C)n1ccnc1/C=C/C(=O)/C=C/C=C/c1ccccn1. The third-order valence-electron chi connectivity index (χ3n) is 3.60. The molecule has 0 aromatic carbocycles. The number of carbonyl (C=O) groups excluding carboxylic acids is 1. The predicted molar refractivity (Wildman–Crippen MR) is 98.3 cm³/mol. The molecule has 2 rings (SSSR count). The molecule has 2 aromatic rings. The van der Waals surface area contributed by atoms with Crippen molar-refractivity contribution in [1.29, 1.82) is 0 Å². The molecule has 1 unspecified atom stereocenters. The lowest BCUT2D eigenvalue weighted by molar-refractivity contribution is -0.110. The van der Waals surface area contributed by atoms with E-state index in [4.69, 9.17) is 0 Å². The van der Waals surface area contributed by atoms with Crippen LogP contribution in [0.25, 0.3) is 12.2 Å². The first-order chi connectivity index (χ1) is 11.7. The van der Waals surface area contributed by atoms with E-state index in [1.165, 1.54) is 6.08 Å². The number of rotatable bonds is 8. The fourth-order valence-electron chi connectivity index (χ4n) is 2.37. The van der Waals surface area contributed by atoms with Gasteiger partial charge in [0.1, 0.15) is 5.82 Å². The van der Waals surface area contributed by atoms with Gasteiger partial charge in [0.2, 0.25) is 0 Å². The summed E-state index contributed by atoms with van der Waals surface area (Å²) in [4.78, 5) is 20.4. The molecular weight excluding hydrogens is 298 g/mol. The highest BCUT2D eigenvalue weighted by molar-refractivity contribution is 6.01. The van der Waals surface area contributed by atoms with E-state index in [1.807, 2.05) is 30.5 Å². The molecule has 0 aliphatic rings. The van der Waals surface area contributed by atoms with E-state index in [1.54, 1.807) is 36.7 Å². The van der Waals surface area contributed by atoms with Crippen molar-refractivity contribution >= 4 is 17.9 Å². The Morgan fingerprint density at radius 3 is 2.79 bits per heavy atom. The van der Waals surface area contributed by atoms with Crippen molar-refractivity contribution in [2.75, 3.05) is 0 Å². The van der Waals surface area contributed by atoms with E-state index in [2.05, 4.69) is 28.4 Å². The summed E-state index contributed by atoms with van der Waals surface area (Å²) in [6.45, 7) is 4.32. The average molecular weight is 321 g/mol. The summed E-state index contributed by atoms with van der Waals surface area (Å²) in [5.41, 5.74) is 0.858. The van der Waals surface area contributed by atoms with Gasteiger partial charge in [-0.3, -0.25) is 9.78 Å². The Kier molecular flexibility index (Phi) is 6.90. The Morgan fingerprint density at radius 2 is 2.04 bits per heavy atom. The highest BCUT2D eigenvalue weighted by atomic mass is 16.1. The zero-order chi connectivity index (χ0) is 17.2. The first-order valence-corrected chi connectivity index (χ1v) is 8.21. The second-order valence-electron chi connectivity index (χ2n) is 5.54. The van der Waals surface area contributed by atoms with Crippen LogP contribution < -0.4 is 0 Å². The molecule has 0 bridgehead atoms. The van der Waals surface area contributed by atoms with Crippen molar-refractivity contribution in [2.45, 2.75) is 32.7 Å². The van der Waals surface area contributed by atoms with Crippen LogP contribution >= 0.6 is 0 Å². The summed E-state index contributed by atoms with van der Waals surface area (Å²) in [5.74, 6) is 0.736. The zero-order valence-electron chi connectivity index (χ0n) is 14.2. The summed E-state index contributed by atoms with van der Waals surface area (Å²) in [5, 5.41) is 0. The van der Waals surface area contributed by atoms with Crippen molar-refractivity contribution in [3.8, 4) is 0 Å². The largest absolute Gasteiger partial charge is 0.329 e. The third-order valence-corrected chi connectivity index (χ3v) is 3.60. The molecule has 24 heavy (non-hydrogen) atoms. The summed E-state index contributed by atoms with van der Waals surface area (Å²) in [6, 6.07) is 6.08. The molecule has 2 heterocycles. The highest BCUT2D eigenvalue weighted by Crippen LogP contribution is 2.15. The van der Waals surface area contributed by atoms with Gasteiger partial charge in [0.05, 0.1) is 5.69 Å². The van der Waals surface area contributed by atoms with Crippen molar-refractivity contribution in [2.24, 2.45) is 0 Å². The van der Waals surface area contributed by atoms with Crippen molar-refractivity contribution in [3.05, 3.63) is 72.6 Å². The summed E-state index contributed by atoms with van der Waals surface area (Å²) >= 11 is 0. The maximum atomic E-state index is 11.9. The molecule has 0 radical (unpaired) electrons. The van der Waals surface area contributed by atoms with Gasteiger partial charge in [-0.25, -0.2) is 4.98 Å². The second-order valence-corrected chi connectivity index (χ2v) is 5.54. The number of hydrogen-bond donors (Lipinski definition) is 0. The van der Waals surface area contributed by atoms with E-state index in [0.29, 0.717) is 6.04 Å². The minimum absolute atomic E-state index is 0.0710. The third kappa shape index (κ3) is 5.47. The molecule has 4 heteroatoms. The second kappa shape index (κ2) is 9.40. The van der Waals surface area contributed by atoms with Gasteiger partial charge < -0.3 is 4.57 Å². The predicted octanol–water partition coefficient (Wildman–Crippen LogP) is 4.49. The summed E-state index contributed by atoms with van der Waals surface area (Å²) in [6.07, 6.45) is 17.9. The first kappa shape index (κ1) is 17.6. The molecular formula is C20H23N3O. The molecule has 2 aromatic heterocycles. The van der Waals surface area contributed by atoms with E-state index >= 15 is 0 Å². The molecule has 0 amide bonds. The molecule has 4 nitrogen and oxygen atoms in total. The lowest BCUT2D eigenvalue weighted by Crippen LogP contribution is -2.05. The van der Waals surface area contributed by atoms with Crippen molar-refractivity contribution < 1.29 is 4.79 Å². The maximum absolute atomic E-state index is 11.9. The molecule has 0 saturated carbocycles. The Bertz CT molecular complexity index is 726. The fraction of sp³-hybridized carbons (Fsp3) is 0.250. The van der Waals surface area contributed by atoms with Crippen LogP contribution in [0.5, 0.6) is 0 Å². The van der Waals surface area contributed by atoms with Gasteiger partial charge in [0.15, 0.2) is 5.78 Å². The number of ketones is 1. The summed E-state index contributed by atoms with van der Waals surface area (Å²) in [7, 11) is 0. The standard InChI is InChI=1S/C20H23N3O/c1-3-8-17(2)23-16-15-22-20(23)13-12-19(24)11-5-4-9-18-10-6-7-14-21-18/h4-7,9-17H,3,8H2,1-2H3/b9-4+,11-5+,13-12+. The minimum atomic E-state index is -0.0710. The Labute approximate surface area is 143 Å². The lowest BCUT2D eigenvalue weighted by atomic mass is 10.2. The van der Waals surface area contributed by atoms with E-state index in [9.17, 15) is 4.79 Å². The smallest absolute Gasteiger partial charge is 0.178 e. The van der Waals surface area contributed by atoms with Crippen LogP contribution in [0.4, 0.5) is 0 Å². The lowest BCUT2D eigenvalue weighted by Gasteiger charge is -2.13. The normalized spacial score (nSPS) is 13.2. The number of nitrogens with zero attached hydrogens (tertiary/aromatic N) is 3. The molecule has 0 saturated heterocycles.